The Hall–Kier alpha value is -1.46. The fourth-order valence-electron chi connectivity index (χ4n) is 3.14. The fourth-order valence-corrected chi connectivity index (χ4v) is 4.03. The number of aryl methyl sites for hydroxylation is 1. The van der Waals surface area contributed by atoms with E-state index in [1.807, 2.05) is 11.3 Å². The lowest BCUT2D eigenvalue weighted by molar-refractivity contribution is 0.705. The number of hydrogen-bond donors (Lipinski definition) is 1. The molecular formula is C16H22N4S. The van der Waals surface area contributed by atoms with Crippen LogP contribution in [0.25, 0.3) is 0 Å². The molecular weight excluding hydrogens is 280 g/mol. The molecule has 0 saturated carbocycles. The number of thiophene rings is 1. The van der Waals surface area contributed by atoms with Crippen LogP contribution in [0, 0.1) is 0 Å². The van der Waals surface area contributed by atoms with Gasteiger partial charge < -0.3 is 10.6 Å². The van der Waals surface area contributed by atoms with Crippen molar-refractivity contribution in [3.05, 3.63) is 38.7 Å². The minimum Gasteiger partial charge on any atom is -0.350 e. The van der Waals surface area contributed by atoms with Gasteiger partial charge in [-0.05, 0) is 41.8 Å². The van der Waals surface area contributed by atoms with Gasteiger partial charge in [0.05, 0.1) is 5.69 Å². The largest absolute Gasteiger partial charge is 0.350 e. The van der Waals surface area contributed by atoms with Crippen LogP contribution < -0.4 is 10.6 Å². The number of aromatic nitrogens is 2. The van der Waals surface area contributed by atoms with Crippen molar-refractivity contribution in [1.82, 2.24) is 10.2 Å². The summed E-state index contributed by atoms with van der Waals surface area (Å²) in [6.07, 6.45) is 2.98. The van der Waals surface area contributed by atoms with Crippen LogP contribution in [-0.4, -0.2) is 16.7 Å². The van der Waals surface area contributed by atoms with Gasteiger partial charge in [-0.25, -0.2) is 0 Å². The van der Waals surface area contributed by atoms with E-state index < -0.39 is 0 Å². The fraction of sp³-hybridized carbons (Fsp3) is 0.500. The Morgan fingerprint density at radius 3 is 2.81 bits per heavy atom. The number of nitrogens with two attached hydrogens (primary N) is 1. The lowest BCUT2D eigenvalue weighted by Crippen LogP contribution is -2.32. The maximum absolute atomic E-state index is 6.04. The first-order valence-corrected chi connectivity index (χ1v) is 8.53. The van der Waals surface area contributed by atoms with Crippen molar-refractivity contribution in [2.45, 2.75) is 46.2 Å². The molecule has 0 unspecified atom stereocenters. The third kappa shape index (κ3) is 2.56. The van der Waals surface area contributed by atoms with Crippen LogP contribution in [0.2, 0.25) is 0 Å². The second-order valence-corrected chi connectivity index (χ2v) is 6.38. The first kappa shape index (κ1) is 14.5. The molecule has 21 heavy (non-hydrogen) atoms. The quantitative estimate of drug-likeness (QED) is 0.943. The van der Waals surface area contributed by atoms with Gasteiger partial charge in [-0.15, -0.1) is 16.4 Å². The zero-order valence-electron chi connectivity index (χ0n) is 12.7. The zero-order valence-corrected chi connectivity index (χ0v) is 13.5. The predicted octanol–water partition coefficient (Wildman–Crippen LogP) is 2.68. The Labute approximate surface area is 130 Å². The molecule has 0 spiro atoms. The maximum Gasteiger partial charge on any atom is 0.156 e. The van der Waals surface area contributed by atoms with Gasteiger partial charge in [-0.3, -0.25) is 0 Å². The van der Waals surface area contributed by atoms with Gasteiger partial charge in [0.1, 0.15) is 0 Å². The van der Waals surface area contributed by atoms with Crippen LogP contribution in [0.1, 0.15) is 41.1 Å². The summed E-state index contributed by atoms with van der Waals surface area (Å²) >= 11 is 1.86. The van der Waals surface area contributed by atoms with E-state index in [0.29, 0.717) is 6.54 Å². The van der Waals surface area contributed by atoms with E-state index in [9.17, 15) is 0 Å². The molecule has 0 aliphatic carbocycles. The van der Waals surface area contributed by atoms with Crippen LogP contribution in [0.5, 0.6) is 0 Å². The van der Waals surface area contributed by atoms with E-state index in [1.165, 1.54) is 21.6 Å². The summed E-state index contributed by atoms with van der Waals surface area (Å²) in [5.74, 6) is 0.989. The van der Waals surface area contributed by atoms with Crippen molar-refractivity contribution in [2.24, 2.45) is 5.73 Å². The van der Waals surface area contributed by atoms with E-state index in [4.69, 9.17) is 5.73 Å². The molecule has 0 bridgehead atoms. The third-order valence-corrected chi connectivity index (χ3v) is 5.27. The lowest BCUT2D eigenvalue weighted by Gasteiger charge is -2.30. The molecule has 4 nitrogen and oxygen atoms in total. The minimum atomic E-state index is 0.536. The van der Waals surface area contributed by atoms with E-state index in [1.54, 1.807) is 0 Å². The minimum absolute atomic E-state index is 0.536. The van der Waals surface area contributed by atoms with Crippen LogP contribution >= 0.6 is 11.3 Å². The smallest absolute Gasteiger partial charge is 0.156 e. The van der Waals surface area contributed by atoms with Gasteiger partial charge in [0, 0.05) is 30.1 Å². The molecule has 2 aromatic rings. The molecule has 0 aromatic carbocycles. The van der Waals surface area contributed by atoms with Gasteiger partial charge in [0.2, 0.25) is 0 Å². The summed E-state index contributed by atoms with van der Waals surface area (Å²) in [6, 6.07) is 2.23. The highest BCUT2D eigenvalue weighted by Gasteiger charge is 2.23. The molecule has 0 fully saturated rings. The standard InChI is InChI=1S/C16H22N4S/c1-3-12-13(9-17)16(19-18-14(12)4-2)20-7-5-15-11(10-20)6-8-21-15/h6,8H,3-5,7,9-10,17H2,1-2H3. The van der Waals surface area contributed by atoms with Crippen molar-refractivity contribution >= 4 is 17.2 Å². The number of fused-ring (bicyclic) bond motifs is 1. The lowest BCUT2D eigenvalue weighted by atomic mass is 10.0. The molecule has 1 aliphatic rings. The number of nitrogens with zero attached hydrogens (tertiary/aromatic N) is 3. The Morgan fingerprint density at radius 2 is 2.10 bits per heavy atom. The first-order chi connectivity index (χ1) is 10.3. The highest BCUT2D eigenvalue weighted by molar-refractivity contribution is 7.10. The summed E-state index contributed by atoms with van der Waals surface area (Å²) in [6.45, 7) is 6.76. The molecule has 1 aliphatic heterocycles. The first-order valence-electron chi connectivity index (χ1n) is 7.66. The molecule has 3 rings (SSSR count). The van der Waals surface area contributed by atoms with Crippen molar-refractivity contribution in [2.75, 3.05) is 11.4 Å². The van der Waals surface area contributed by atoms with Gasteiger partial charge in [0.25, 0.3) is 0 Å². The monoisotopic (exact) mass is 302 g/mol. The van der Waals surface area contributed by atoms with Gasteiger partial charge >= 0.3 is 0 Å². The molecule has 0 atom stereocenters. The molecule has 2 aromatic heterocycles. The molecule has 0 radical (unpaired) electrons. The van der Waals surface area contributed by atoms with E-state index in [2.05, 4.69) is 40.4 Å². The molecule has 3 heterocycles. The second kappa shape index (κ2) is 6.12. The van der Waals surface area contributed by atoms with Crippen LogP contribution in [-0.2, 0) is 32.4 Å². The number of anilines is 1. The van der Waals surface area contributed by atoms with Gasteiger partial charge in [-0.2, -0.15) is 5.10 Å². The van der Waals surface area contributed by atoms with Crippen molar-refractivity contribution in [3.63, 3.8) is 0 Å². The van der Waals surface area contributed by atoms with E-state index >= 15 is 0 Å². The Balaban J connectivity index is 1.99. The van der Waals surface area contributed by atoms with Crippen LogP contribution in [0.4, 0.5) is 5.82 Å². The summed E-state index contributed by atoms with van der Waals surface area (Å²) in [5, 5.41) is 11.1. The van der Waals surface area contributed by atoms with E-state index in [-0.39, 0.29) is 0 Å². The van der Waals surface area contributed by atoms with E-state index in [0.717, 1.165) is 43.9 Å². The SMILES string of the molecule is CCc1nnc(N2CCc3sccc3C2)c(CN)c1CC. The molecule has 112 valence electrons. The Kier molecular flexibility index (Phi) is 4.22. The Morgan fingerprint density at radius 1 is 1.24 bits per heavy atom. The van der Waals surface area contributed by atoms with Crippen molar-refractivity contribution in [3.8, 4) is 0 Å². The average Bonchev–Trinajstić information content (AvgIpc) is 3.00. The van der Waals surface area contributed by atoms with Crippen molar-refractivity contribution in [1.29, 1.82) is 0 Å². The molecule has 0 saturated heterocycles. The summed E-state index contributed by atoms with van der Waals surface area (Å²) in [4.78, 5) is 3.84. The summed E-state index contributed by atoms with van der Waals surface area (Å²) < 4.78 is 0. The zero-order chi connectivity index (χ0) is 14.8. The normalized spacial score (nSPS) is 14.3. The Bertz CT molecular complexity index is 635. The predicted molar refractivity (Wildman–Crippen MR) is 87.8 cm³/mol. The van der Waals surface area contributed by atoms with Gasteiger partial charge in [0.15, 0.2) is 5.82 Å². The second-order valence-electron chi connectivity index (χ2n) is 5.38. The topological polar surface area (TPSA) is 55.0 Å². The van der Waals surface area contributed by atoms with Crippen molar-refractivity contribution < 1.29 is 0 Å². The average molecular weight is 302 g/mol. The molecule has 2 N–H and O–H groups in total. The number of rotatable bonds is 4. The maximum atomic E-state index is 6.04. The molecule has 0 amide bonds. The van der Waals surface area contributed by atoms with Crippen LogP contribution in [0.3, 0.4) is 0 Å². The summed E-state index contributed by atoms with van der Waals surface area (Å²) in [7, 11) is 0. The highest BCUT2D eigenvalue weighted by Crippen LogP contribution is 2.30. The van der Waals surface area contributed by atoms with Crippen LogP contribution in [0.15, 0.2) is 11.4 Å². The molecule has 5 heteroatoms. The third-order valence-electron chi connectivity index (χ3n) is 4.25. The van der Waals surface area contributed by atoms with Gasteiger partial charge in [-0.1, -0.05) is 13.8 Å². The highest BCUT2D eigenvalue weighted by atomic mass is 32.1. The summed E-state index contributed by atoms with van der Waals surface area (Å²) in [5.41, 5.74) is 11.0. The number of hydrogen-bond acceptors (Lipinski definition) is 5.